The van der Waals surface area contributed by atoms with E-state index in [1.807, 2.05) is 58.1 Å². The van der Waals surface area contributed by atoms with Crippen LogP contribution in [0.3, 0.4) is 0 Å². The third kappa shape index (κ3) is 5.26. The molecule has 5 aromatic rings. The highest BCUT2D eigenvalue weighted by Gasteiger charge is 2.27. The molecule has 0 spiro atoms. The number of anilines is 1. The average molecular weight is 542 g/mol. The van der Waals surface area contributed by atoms with Crippen molar-refractivity contribution < 1.29 is 14.3 Å². The van der Waals surface area contributed by atoms with Crippen molar-refractivity contribution in [3.8, 4) is 28.5 Å². The second kappa shape index (κ2) is 10.7. The Morgan fingerprint density at radius 1 is 1.13 bits per heavy atom. The highest BCUT2D eigenvalue weighted by atomic mass is 32.1. The monoisotopic (exact) mass is 541 g/mol. The molecule has 0 radical (unpaired) electrons. The van der Waals surface area contributed by atoms with Gasteiger partial charge in [-0.25, -0.2) is 14.6 Å². The number of piperidine rings is 1. The largest absolute Gasteiger partial charge is 0.488 e. The van der Waals surface area contributed by atoms with Crippen LogP contribution in [0.5, 0.6) is 17.2 Å². The number of benzene rings is 2. The number of rotatable bonds is 7. The number of nitrogen functional groups attached to an aromatic ring is 1. The highest BCUT2D eigenvalue weighted by Crippen LogP contribution is 2.35. The van der Waals surface area contributed by atoms with Gasteiger partial charge in [0.15, 0.2) is 5.65 Å². The Kier molecular flexibility index (Phi) is 6.80. The van der Waals surface area contributed by atoms with Gasteiger partial charge >= 0.3 is 0 Å². The zero-order valence-corrected chi connectivity index (χ0v) is 22.2. The molecular formula is C28H27N7O3S. The molecule has 2 N–H and O–H groups in total. The van der Waals surface area contributed by atoms with E-state index >= 15 is 0 Å². The zero-order valence-electron chi connectivity index (χ0n) is 21.4. The maximum absolute atomic E-state index is 12.0. The normalized spacial score (nSPS) is 15.4. The average Bonchev–Trinajstić information content (AvgIpc) is 3.62. The topological polar surface area (TPSA) is 121 Å². The van der Waals surface area contributed by atoms with Crippen LogP contribution in [0.2, 0.25) is 0 Å². The first-order chi connectivity index (χ1) is 19.0. The summed E-state index contributed by atoms with van der Waals surface area (Å²) in [5.74, 6) is 2.50. The predicted octanol–water partition coefficient (Wildman–Crippen LogP) is 5.09. The molecule has 6 rings (SSSR count). The second-order valence-electron chi connectivity index (χ2n) is 9.37. The number of aromatic nitrogens is 5. The summed E-state index contributed by atoms with van der Waals surface area (Å²) in [4.78, 5) is 27.7. The number of hydrogen-bond donors (Lipinski definition) is 1. The molecule has 1 atom stereocenters. The zero-order chi connectivity index (χ0) is 26.8. The molecule has 3 aromatic heterocycles. The van der Waals surface area contributed by atoms with E-state index in [0.717, 1.165) is 35.6 Å². The van der Waals surface area contributed by atoms with Crippen LogP contribution in [0, 0.1) is 0 Å². The van der Waals surface area contributed by atoms with E-state index in [0.29, 0.717) is 47.2 Å². The minimum atomic E-state index is 0.0152. The number of nitrogens with two attached hydrogens (primary N) is 1. The van der Waals surface area contributed by atoms with Gasteiger partial charge in [0.05, 0.1) is 21.8 Å². The van der Waals surface area contributed by atoms with E-state index in [1.54, 1.807) is 30.0 Å². The van der Waals surface area contributed by atoms with Crippen LogP contribution >= 0.6 is 11.3 Å². The molecule has 0 aliphatic carbocycles. The minimum absolute atomic E-state index is 0.0152. The lowest BCUT2D eigenvalue weighted by molar-refractivity contribution is -0.130. The van der Waals surface area contributed by atoms with E-state index in [2.05, 4.69) is 15.0 Å². The summed E-state index contributed by atoms with van der Waals surface area (Å²) in [6, 6.07) is 15.2. The van der Waals surface area contributed by atoms with Crippen LogP contribution in [-0.4, -0.2) is 48.6 Å². The number of amides is 1. The van der Waals surface area contributed by atoms with Gasteiger partial charge in [-0.15, -0.1) is 11.3 Å². The van der Waals surface area contributed by atoms with Crippen molar-refractivity contribution in [3.63, 3.8) is 0 Å². The molecule has 1 amide bonds. The van der Waals surface area contributed by atoms with Gasteiger partial charge < -0.3 is 20.1 Å². The molecule has 39 heavy (non-hydrogen) atoms. The molecule has 11 heteroatoms. The van der Waals surface area contributed by atoms with Crippen LogP contribution in [0.1, 0.15) is 30.7 Å². The van der Waals surface area contributed by atoms with E-state index < -0.39 is 0 Å². The van der Waals surface area contributed by atoms with Gasteiger partial charge in [-0.1, -0.05) is 6.07 Å². The second-order valence-corrected chi connectivity index (χ2v) is 10.3. The maximum atomic E-state index is 12.0. The van der Waals surface area contributed by atoms with Crippen LogP contribution < -0.4 is 15.2 Å². The lowest BCUT2D eigenvalue weighted by Gasteiger charge is -2.32. The van der Waals surface area contributed by atoms with Crippen LogP contribution in [0.15, 0.2) is 66.6 Å². The smallest absolute Gasteiger partial charge is 0.219 e. The Morgan fingerprint density at radius 2 is 1.97 bits per heavy atom. The maximum Gasteiger partial charge on any atom is 0.219 e. The molecule has 2 aromatic carbocycles. The van der Waals surface area contributed by atoms with Crippen molar-refractivity contribution in [1.29, 1.82) is 0 Å². The summed E-state index contributed by atoms with van der Waals surface area (Å²) >= 11 is 1.56. The third-order valence-corrected chi connectivity index (χ3v) is 7.49. The lowest BCUT2D eigenvalue weighted by atomic mass is 10.1. The van der Waals surface area contributed by atoms with Gasteiger partial charge in [0.1, 0.15) is 41.7 Å². The van der Waals surface area contributed by atoms with Gasteiger partial charge in [0.2, 0.25) is 5.91 Å². The highest BCUT2D eigenvalue weighted by molar-refractivity contribution is 7.09. The first kappa shape index (κ1) is 24.8. The van der Waals surface area contributed by atoms with Gasteiger partial charge in [-0.05, 0) is 49.2 Å². The first-order valence-electron chi connectivity index (χ1n) is 12.7. The Hall–Kier alpha value is -4.51. The number of fused-ring (bicyclic) bond motifs is 1. The molecule has 10 nitrogen and oxygen atoms in total. The van der Waals surface area contributed by atoms with E-state index in [1.165, 1.54) is 6.33 Å². The minimum Gasteiger partial charge on any atom is -0.488 e. The molecule has 198 valence electrons. The van der Waals surface area contributed by atoms with E-state index in [9.17, 15) is 4.79 Å². The van der Waals surface area contributed by atoms with Crippen LogP contribution in [-0.2, 0) is 11.4 Å². The lowest BCUT2D eigenvalue weighted by Crippen LogP contribution is -2.39. The van der Waals surface area contributed by atoms with Crippen LogP contribution in [0.4, 0.5) is 5.82 Å². The Labute approximate surface area is 229 Å². The van der Waals surface area contributed by atoms with Gasteiger partial charge in [0, 0.05) is 37.8 Å². The van der Waals surface area contributed by atoms with Gasteiger partial charge in [0.25, 0.3) is 0 Å². The molecule has 1 aliphatic heterocycles. The molecule has 0 bridgehead atoms. The summed E-state index contributed by atoms with van der Waals surface area (Å²) < 4.78 is 13.9. The van der Waals surface area contributed by atoms with E-state index in [-0.39, 0.29) is 11.9 Å². The fourth-order valence-corrected chi connectivity index (χ4v) is 5.31. The molecular weight excluding hydrogens is 514 g/mol. The Bertz CT molecular complexity index is 1600. The van der Waals surface area contributed by atoms with Crippen molar-refractivity contribution in [2.75, 3.05) is 18.8 Å². The van der Waals surface area contributed by atoms with Crippen molar-refractivity contribution in [1.82, 2.24) is 29.6 Å². The number of carbonyl (C=O) groups excluding carboxylic acids is 1. The summed E-state index contributed by atoms with van der Waals surface area (Å²) in [5, 5.41) is 5.65. The van der Waals surface area contributed by atoms with Crippen molar-refractivity contribution in [2.45, 2.75) is 32.4 Å². The number of hydrogen-bond acceptors (Lipinski definition) is 9. The fourth-order valence-electron chi connectivity index (χ4n) is 4.80. The van der Waals surface area contributed by atoms with Crippen LogP contribution in [0.25, 0.3) is 22.3 Å². The van der Waals surface area contributed by atoms with Crippen molar-refractivity contribution in [2.24, 2.45) is 0 Å². The fraction of sp³-hybridized carbons (Fsp3) is 0.250. The van der Waals surface area contributed by atoms with E-state index in [4.69, 9.17) is 20.3 Å². The number of carbonyl (C=O) groups is 1. The number of ether oxygens (including phenoxy) is 2. The molecule has 1 fully saturated rings. The number of likely N-dealkylation sites (tertiary alicyclic amines) is 1. The summed E-state index contributed by atoms with van der Waals surface area (Å²) in [7, 11) is 0. The summed E-state index contributed by atoms with van der Waals surface area (Å²) in [5.41, 5.74) is 10.3. The van der Waals surface area contributed by atoms with Gasteiger partial charge in [-0.2, -0.15) is 5.10 Å². The quantitative estimate of drug-likeness (QED) is 0.303. The SMILES string of the molecule is CC(=O)N1CCC[C@@H](n2nc(-c3ccc(Oc4cccc(OCc5cncs5)c4)cc3)c3c(N)ncnc32)C1. The molecule has 0 saturated carbocycles. The summed E-state index contributed by atoms with van der Waals surface area (Å²) in [6.45, 7) is 3.42. The van der Waals surface area contributed by atoms with Gasteiger partial charge in [-0.3, -0.25) is 9.78 Å². The molecule has 1 aliphatic rings. The molecule has 0 unspecified atom stereocenters. The Morgan fingerprint density at radius 3 is 2.77 bits per heavy atom. The number of nitrogens with zero attached hydrogens (tertiary/aromatic N) is 6. The van der Waals surface area contributed by atoms with Crippen molar-refractivity contribution >= 4 is 34.1 Å². The Balaban J connectivity index is 1.24. The molecule has 1 saturated heterocycles. The summed E-state index contributed by atoms with van der Waals surface area (Å²) in [6.07, 6.45) is 5.07. The van der Waals surface area contributed by atoms with Crippen molar-refractivity contribution in [3.05, 3.63) is 71.4 Å². The third-order valence-electron chi connectivity index (χ3n) is 6.74. The predicted molar refractivity (Wildman–Crippen MR) is 149 cm³/mol. The molecule has 4 heterocycles. The number of thiazole rings is 1. The standard InChI is InChI=1S/C28H27N7O3S/c1-18(36)34-11-3-4-20(14-34)35-28-25(27(29)31-16-32-28)26(33-35)19-7-9-21(10-8-19)38-23-6-2-5-22(12-23)37-15-24-13-30-17-39-24/h2,5-10,12-13,16-17,20H,3-4,11,14-15H2,1H3,(H2,29,31,32)/t20-/m1/s1. The first-order valence-corrected chi connectivity index (χ1v) is 13.6.